The van der Waals surface area contributed by atoms with Crippen LogP contribution in [-0.2, 0) is 0 Å². The van der Waals surface area contributed by atoms with Gasteiger partial charge in [-0.2, -0.15) is 4.39 Å². The first kappa shape index (κ1) is 8.59. The van der Waals surface area contributed by atoms with Crippen molar-refractivity contribution in [2.24, 2.45) is 0 Å². The summed E-state index contributed by atoms with van der Waals surface area (Å²) in [5.74, 6) is -0.627. The lowest BCUT2D eigenvalue weighted by Crippen LogP contribution is -1.89. The van der Waals surface area contributed by atoms with E-state index in [1.54, 1.807) is 0 Å². The number of hydrogen-bond donors (Lipinski definition) is 0. The average Bonchev–Trinajstić information content (AvgIpc) is 2.02. The molecule has 0 aliphatic heterocycles. The second kappa shape index (κ2) is 3.05. The van der Waals surface area contributed by atoms with Crippen LogP contribution in [0.15, 0.2) is 12.3 Å². The molecule has 0 saturated carbocycles. The number of halogens is 3. The summed E-state index contributed by atoms with van der Waals surface area (Å²) in [7, 11) is 0. The zero-order valence-electron chi connectivity index (χ0n) is 6.13. The Balaban J connectivity index is 2.86. The van der Waals surface area contributed by atoms with Gasteiger partial charge in [-0.1, -0.05) is 11.6 Å². The maximum absolute atomic E-state index is 12.6. The van der Waals surface area contributed by atoms with Gasteiger partial charge in [0.05, 0.1) is 10.9 Å². The molecule has 2 aromatic heterocycles. The van der Waals surface area contributed by atoms with E-state index in [0.717, 1.165) is 6.07 Å². The molecule has 2 rings (SSSR count). The maximum atomic E-state index is 12.6. The molecule has 0 atom stereocenters. The van der Waals surface area contributed by atoms with E-state index in [4.69, 9.17) is 23.2 Å². The number of rotatable bonds is 0. The monoisotopic (exact) mass is 217 g/mol. The summed E-state index contributed by atoms with van der Waals surface area (Å²) >= 11 is 11.2. The molecule has 0 unspecified atom stereocenters. The van der Waals surface area contributed by atoms with E-state index in [2.05, 4.69) is 15.0 Å². The van der Waals surface area contributed by atoms with Gasteiger partial charge >= 0.3 is 0 Å². The minimum atomic E-state index is -0.627. The lowest BCUT2D eigenvalue weighted by Gasteiger charge is -1.98. The molecular weight excluding hydrogens is 216 g/mol. The highest BCUT2D eigenvalue weighted by Gasteiger charge is 2.05. The zero-order valence-corrected chi connectivity index (χ0v) is 7.64. The molecule has 0 saturated heterocycles. The Labute approximate surface area is 82.5 Å². The summed E-state index contributed by atoms with van der Waals surface area (Å²) in [6, 6.07) is 1.15. The molecule has 0 spiro atoms. The summed E-state index contributed by atoms with van der Waals surface area (Å²) in [5, 5.41) is 0.637. The quantitative estimate of drug-likeness (QED) is 0.387. The van der Waals surface area contributed by atoms with Gasteiger partial charge in [-0.05, 0) is 11.6 Å². The van der Waals surface area contributed by atoms with Crippen molar-refractivity contribution in [3.05, 3.63) is 28.6 Å². The standard InChI is InChI=1S/C7H2Cl2FN3/c8-6-3-2-11-5(10)1-4(3)12-7(9)13-6/h1-2H. The Morgan fingerprint density at radius 2 is 2.00 bits per heavy atom. The van der Waals surface area contributed by atoms with E-state index in [-0.39, 0.29) is 10.4 Å². The van der Waals surface area contributed by atoms with Crippen molar-refractivity contribution in [2.75, 3.05) is 0 Å². The van der Waals surface area contributed by atoms with Crippen LogP contribution in [0.5, 0.6) is 0 Å². The predicted octanol–water partition coefficient (Wildman–Crippen LogP) is 2.47. The number of hydrogen-bond acceptors (Lipinski definition) is 3. The van der Waals surface area contributed by atoms with Crippen molar-refractivity contribution in [3.63, 3.8) is 0 Å². The first-order valence-corrected chi connectivity index (χ1v) is 4.07. The van der Waals surface area contributed by atoms with Gasteiger partial charge in [-0.25, -0.2) is 15.0 Å². The zero-order chi connectivity index (χ0) is 9.42. The van der Waals surface area contributed by atoms with Crippen molar-refractivity contribution in [2.45, 2.75) is 0 Å². The average molecular weight is 218 g/mol. The molecule has 0 aliphatic rings. The molecular formula is C7H2Cl2FN3. The molecule has 13 heavy (non-hydrogen) atoms. The van der Waals surface area contributed by atoms with Crippen molar-refractivity contribution in [1.82, 2.24) is 15.0 Å². The van der Waals surface area contributed by atoms with E-state index in [0.29, 0.717) is 10.9 Å². The third-order valence-electron chi connectivity index (χ3n) is 1.47. The van der Waals surface area contributed by atoms with Crippen LogP contribution < -0.4 is 0 Å². The Hall–Kier alpha value is -1.00. The molecule has 0 N–H and O–H groups in total. The third kappa shape index (κ3) is 1.55. The fraction of sp³-hybridized carbons (Fsp3) is 0. The molecule has 0 radical (unpaired) electrons. The van der Waals surface area contributed by atoms with E-state index in [1.165, 1.54) is 6.20 Å². The molecule has 2 heterocycles. The summed E-state index contributed by atoms with van der Waals surface area (Å²) in [6.45, 7) is 0. The first-order valence-electron chi connectivity index (χ1n) is 3.31. The largest absolute Gasteiger partial charge is 0.227 e. The number of fused-ring (bicyclic) bond motifs is 1. The number of aromatic nitrogens is 3. The summed E-state index contributed by atoms with van der Waals surface area (Å²) < 4.78 is 12.6. The van der Waals surface area contributed by atoms with Gasteiger partial charge in [0, 0.05) is 12.3 Å². The van der Waals surface area contributed by atoms with Crippen LogP contribution in [0.25, 0.3) is 10.9 Å². The van der Waals surface area contributed by atoms with Crippen molar-refractivity contribution in [1.29, 1.82) is 0 Å². The number of pyridine rings is 1. The van der Waals surface area contributed by atoms with Crippen molar-refractivity contribution < 1.29 is 4.39 Å². The SMILES string of the molecule is Fc1cc2nc(Cl)nc(Cl)c2cn1. The highest BCUT2D eigenvalue weighted by molar-refractivity contribution is 6.35. The Morgan fingerprint density at radius 3 is 2.77 bits per heavy atom. The van der Waals surface area contributed by atoms with E-state index in [9.17, 15) is 4.39 Å². The predicted molar refractivity (Wildman–Crippen MR) is 47.3 cm³/mol. The minimum Gasteiger partial charge on any atom is -0.227 e. The molecule has 2 aromatic rings. The summed E-state index contributed by atoms with van der Waals surface area (Å²) in [6.07, 6.45) is 1.27. The van der Waals surface area contributed by atoms with Gasteiger partial charge in [0.2, 0.25) is 11.2 Å². The van der Waals surface area contributed by atoms with Crippen LogP contribution in [-0.4, -0.2) is 15.0 Å². The lowest BCUT2D eigenvalue weighted by atomic mass is 10.3. The highest BCUT2D eigenvalue weighted by Crippen LogP contribution is 2.20. The molecule has 0 aromatic carbocycles. The number of nitrogens with zero attached hydrogens (tertiary/aromatic N) is 3. The second-order valence-electron chi connectivity index (χ2n) is 2.31. The Kier molecular flexibility index (Phi) is 2.01. The summed E-state index contributed by atoms with van der Waals surface area (Å²) in [4.78, 5) is 10.9. The van der Waals surface area contributed by atoms with Gasteiger partial charge in [0.1, 0.15) is 5.15 Å². The van der Waals surface area contributed by atoms with Crippen LogP contribution in [0.3, 0.4) is 0 Å². The van der Waals surface area contributed by atoms with E-state index >= 15 is 0 Å². The van der Waals surface area contributed by atoms with Crippen LogP contribution in [0.1, 0.15) is 0 Å². The lowest BCUT2D eigenvalue weighted by molar-refractivity contribution is 0.586. The van der Waals surface area contributed by atoms with Crippen molar-refractivity contribution >= 4 is 34.1 Å². The first-order chi connectivity index (χ1) is 6.16. The van der Waals surface area contributed by atoms with Gasteiger partial charge in [-0.3, -0.25) is 0 Å². The second-order valence-corrected chi connectivity index (χ2v) is 3.00. The van der Waals surface area contributed by atoms with Gasteiger partial charge in [-0.15, -0.1) is 0 Å². The van der Waals surface area contributed by atoms with Gasteiger partial charge in [0.25, 0.3) is 0 Å². The molecule has 6 heteroatoms. The molecule has 0 amide bonds. The third-order valence-corrected chi connectivity index (χ3v) is 1.93. The van der Waals surface area contributed by atoms with E-state index in [1.807, 2.05) is 0 Å². The fourth-order valence-corrected chi connectivity index (χ4v) is 1.38. The smallest absolute Gasteiger partial charge is 0.224 e. The minimum absolute atomic E-state index is 0.0110. The maximum Gasteiger partial charge on any atom is 0.224 e. The van der Waals surface area contributed by atoms with Crippen LogP contribution >= 0.6 is 23.2 Å². The fourth-order valence-electron chi connectivity index (χ4n) is 0.937. The molecule has 0 aliphatic carbocycles. The molecule has 3 nitrogen and oxygen atoms in total. The van der Waals surface area contributed by atoms with E-state index < -0.39 is 5.95 Å². The van der Waals surface area contributed by atoms with Crippen LogP contribution in [0.4, 0.5) is 4.39 Å². The Morgan fingerprint density at radius 1 is 1.23 bits per heavy atom. The molecule has 0 bridgehead atoms. The van der Waals surface area contributed by atoms with Crippen LogP contribution in [0.2, 0.25) is 10.4 Å². The van der Waals surface area contributed by atoms with Gasteiger partial charge in [0.15, 0.2) is 0 Å². The van der Waals surface area contributed by atoms with Crippen LogP contribution in [0, 0.1) is 5.95 Å². The molecule has 0 fully saturated rings. The highest BCUT2D eigenvalue weighted by atomic mass is 35.5. The topological polar surface area (TPSA) is 38.7 Å². The van der Waals surface area contributed by atoms with Crippen molar-refractivity contribution in [3.8, 4) is 0 Å². The summed E-state index contributed by atoms with van der Waals surface area (Å²) in [5.41, 5.74) is 0.345. The molecule has 66 valence electrons. The Bertz CT molecular complexity index is 469. The normalized spacial score (nSPS) is 10.7. The van der Waals surface area contributed by atoms with Gasteiger partial charge < -0.3 is 0 Å².